The van der Waals surface area contributed by atoms with E-state index in [4.69, 9.17) is 9.72 Å². The van der Waals surface area contributed by atoms with Crippen molar-refractivity contribution in [3.05, 3.63) is 47.7 Å². The Morgan fingerprint density at radius 2 is 2.00 bits per heavy atom. The second kappa shape index (κ2) is 6.68. The number of aromatic nitrogens is 3. The lowest BCUT2D eigenvalue weighted by molar-refractivity contribution is 0.0696. The maximum atomic E-state index is 11.3. The number of aromatic carboxylic acids is 1. The van der Waals surface area contributed by atoms with E-state index >= 15 is 0 Å². The first-order valence-electron chi connectivity index (χ1n) is 8.42. The van der Waals surface area contributed by atoms with Crippen LogP contribution >= 0.6 is 0 Å². The van der Waals surface area contributed by atoms with Gasteiger partial charge in [0.2, 0.25) is 0 Å². The molecule has 7 nitrogen and oxygen atoms in total. The average molecular weight is 350 g/mol. The van der Waals surface area contributed by atoms with Crippen molar-refractivity contribution in [3.63, 3.8) is 0 Å². The van der Waals surface area contributed by atoms with Crippen molar-refractivity contribution >= 4 is 22.8 Å². The normalized spacial score (nSPS) is 14.6. The number of carbonyl (C=O) groups is 1. The van der Waals surface area contributed by atoms with Crippen LogP contribution in [0.15, 0.2) is 36.5 Å². The molecule has 132 valence electrons. The van der Waals surface area contributed by atoms with Gasteiger partial charge in [0.1, 0.15) is 5.52 Å². The minimum Gasteiger partial charge on any atom is -0.478 e. The van der Waals surface area contributed by atoms with Crippen LogP contribution in [0.1, 0.15) is 15.9 Å². The summed E-state index contributed by atoms with van der Waals surface area (Å²) < 4.78 is 5.43. The summed E-state index contributed by atoms with van der Waals surface area (Å²) >= 11 is 0. The van der Waals surface area contributed by atoms with Gasteiger partial charge in [-0.05, 0) is 19.1 Å². The topological polar surface area (TPSA) is 88.4 Å². The molecular formula is C19H18N4O3. The molecule has 1 aromatic carbocycles. The van der Waals surface area contributed by atoms with Crippen LogP contribution in [-0.2, 0) is 4.74 Å². The maximum absolute atomic E-state index is 11.3. The Morgan fingerprint density at radius 1 is 1.19 bits per heavy atom. The molecule has 0 spiro atoms. The number of pyridine rings is 1. The molecule has 1 aliphatic heterocycles. The number of hydrogen-bond donors (Lipinski definition) is 1. The van der Waals surface area contributed by atoms with E-state index in [2.05, 4.69) is 14.9 Å². The minimum absolute atomic E-state index is 0.110. The molecule has 4 rings (SSSR count). The van der Waals surface area contributed by atoms with Crippen LogP contribution in [0.3, 0.4) is 0 Å². The Morgan fingerprint density at radius 3 is 2.73 bits per heavy atom. The number of ether oxygens (including phenoxy) is 1. The summed E-state index contributed by atoms with van der Waals surface area (Å²) in [5, 5.41) is 9.27. The van der Waals surface area contributed by atoms with Crippen LogP contribution in [0.25, 0.3) is 22.4 Å². The van der Waals surface area contributed by atoms with Crippen LogP contribution < -0.4 is 4.90 Å². The smallest absolute Gasteiger partial charge is 0.337 e. The molecule has 1 aliphatic rings. The minimum atomic E-state index is -1.02. The summed E-state index contributed by atoms with van der Waals surface area (Å²) in [5.74, 6) is 0.252. The molecule has 0 saturated carbocycles. The summed E-state index contributed by atoms with van der Waals surface area (Å²) in [4.78, 5) is 27.1. The molecule has 3 heterocycles. The van der Waals surface area contributed by atoms with Crippen molar-refractivity contribution in [2.45, 2.75) is 6.92 Å². The predicted molar refractivity (Wildman–Crippen MR) is 97.5 cm³/mol. The first-order valence-corrected chi connectivity index (χ1v) is 8.42. The van der Waals surface area contributed by atoms with Gasteiger partial charge in [-0.1, -0.05) is 23.8 Å². The summed E-state index contributed by atoms with van der Waals surface area (Å²) in [6.07, 6.45) is 1.35. The fourth-order valence-corrected chi connectivity index (χ4v) is 3.03. The van der Waals surface area contributed by atoms with Gasteiger partial charge in [-0.3, -0.25) is 0 Å². The van der Waals surface area contributed by atoms with E-state index < -0.39 is 5.97 Å². The van der Waals surface area contributed by atoms with Gasteiger partial charge >= 0.3 is 5.97 Å². The third-order valence-electron chi connectivity index (χ3n) is 4.35. The van der Waals surface area contributed by atoms with E-state index in [0.29, 0.717) is 49.0 Å². The third-order valence-corrected chi connectivity index (χ3v) is 4.35. The number of morpholine rings is 1. The van der Waals surface area contributed by atoms with Gasteiger partial charge < -0.3 is 14.7 Å². The highest BCUT2D eigenvalue weighted by molar-refractivity contribution is 5.94. The lowest BCUT2D eigenvalue weighted by Crippen LogP contribution is -2.37. The van der Waals surface area contributed by atoms with Crippen LogP contribution in [0.4, 0.5) is 5.82 Å². The molecule has 0 bridgehead atoms. The van der Waals surface area contributed by atoms with Gasteiger partial charge in [0, 0.05) is 24.8 Å². The van der Waals surface area contributed by atoms with Gasteiger partial charge in [0.05, 0.1) is 24.3 Å². The van der Waals surface area contributed by atoms with Gasteiger partial charge in [0.25, 0.3) is 0 Å². The fraction of sp³-hybridized carbons (Fsp3) is 0.263. The van der Waals surface area contributed by atoms with Crippen LogP contribution in [0.5, 0.6) is 0 Å². The molecule has 1 fully saturated rings. The Labute approximate surface area is 150 Å². The van der Waals surface area contributed by atoms with Crippen molar-refractivity contribution in [1.82, 2.24) is 15.0 Å². The number of hydrogen-bond acceptors (Lipinski definition) is 6. The van der Waals surface area contributed by atoms with Crippen molar-refractivity contribution in [2.24, 2.45) is 0 Å². The number of fused-ring (bicyclic) bond motifs is 1. The molecule has 0 aliphatic carbocycles. The molecule has 0 radical (unpaired) electrons. The van der Waals surface area contributed by atoms with Crippen molar-refractivity contribution in [1.29, 1.82) is 0 Å². The zero-order chi connectivity index (χ0) is 18.1. The number of anilines is 1. The second-order valence-electron chi connectivity index (χ2n) is 6.24. The van der Waals surface area contributed by atoms with E-state index in [0.717, 1.165) is 11.1 Å². The Hall–Kier alpha value is -3.06. The number of carboxylic acid groups (broad SMARTS) is 1. The highest BCUT2D eigenvalue weighted by atomic mass is 16.5. The summed E-state index contributed by atoms with van der Waals surface area (Å²) in [6, 6.07) is 9.48. The molecule has 3 aromatic rings. The Balaban J connectivity index is 1.93. The summed E-state index contributed by atoms with van der Waals surface area (Å²) in [5.41, 5.74) is 3.24. The van der Waals surface area contributed by atoms with E-state index in [9.17, 15) is 9.90 Å². The standard InChI is InChI=1S/C19H18N4O3/c1-12-3-2-4-13(9-12)17-21-15-10-14(19(24)25)11-20-16(15)18(22-17)23-5-7-26-8-6-23/h2-4,9-11H,5-8H2,1H3,(H,24,25). The Bertz CT molecular complexity index is 984. The number of benzene rings is 1. The lowest BCUT2D eigenvalue weighted by Gasteiger charge is -2.28. The molecule has 0 unspecified atom stereocenters. The third kappa shape index (κ3) is 3.09. The van der Waals surface area contributed by atoms with E-state index in [1.165, 1.54) is 6.20 Å². The number of rotatable bonds is 3. The maximum Gasteiger partial charge on any atom is 0.337 e. The number of nitrogens with zero attached hydrogens (tertiary/aromatic N) is 4. The summed E-state index contributed by atoms with van der Waals surface area (Å²) in [6.45, 7) is 4.68. The van der Waals surface area contributed by atoms with Gasteiger partial charge in [-0.15, -0.1) is 0 Å². The monoisotopic (exact) mass is 350 g/mol. The quantitative estimate of drug-likeness (QED) is 0.776. The van der Waals surface area contributed by atoms with Crippen molar-refractivity contribution in [3.8, 4) is 11.4 Å². The zero-order valence-corrected chi connectivity index (χ0v) is 14.3. The molecule has 26 heavy (non-hydrogen) atoms. The molecule has 1 saturated heterocycles. The first kappa shape index (κ1) is 16.4. The Kier molecular flexibility index (Phi) is 4.22. The van der Waals surface area contributed by atoms with Gasteiger partial charge in [-0.2, -0.15) is 0 Å². The number of carboxylic acids is 1. The molecule has 2 aromatic heterocycles. The molecule has 7 heteroatoms. The second-order valence-corrected chi connectivity index (χ2v) is 6.24. The van der Waals surface area contributed by atoms with Crippen LogP contribution in [0.2, 0.25) is 0 Å². The van der Waals surface area contributed by atoms with Crippen LogP contribution in [0, 0.1) is 6.92 Å². The highest BCUT2D eigenvalue weighted by Crippen LogP contribution is 2.27. The predicted octanol–water partition coefficient (Wildman–Crippen LogP) is 2.54. The molecular weight excluding hydrogens is 332 g/mol. The first-order chi connectivity index (χ1) is 12.6. The SMILES string of the molecule is Cc1cccc(-c2nc(N3CCOCC3)c3ncc(C(=O)O)cc3n2)c1. The van der Waals surface area contributed by atoms with Gasteiger partial charge in [-0.25, -0.2) is 19.7 Å². The van der Waals surface area contributed by atoms with Crippen molar-refractivity contribution < 1.29 is 14.6 Å². The highest BCUT2D eigenvalue weighted by Gasteiger charge is 2.20. The van der Waals surface area contributed by atoms with Crippen molar-refractivity contribution in [2.75, 3.05) is 31.2 Å². The van der Waals surface area contributed by atoms with E-state index in [1.807, 2.05) is 31.2 Å². The van der Waals surface area contributed by atoms with Gasteiger partial charge in [0.15, 0.2) is 11.6 Å². The molecule has 0 amide bonds. The largest absolute Gasteiger partial charge is 0.478 e. The molecule has 1 N–H and O–H groups in total. The zero-order valence-electron chi connectivity index (χ0n) is 14.3. The average Bonchev–Trinajstić information content (AvgIpc) is 2.67. The van der Waals surface area contributed by atoms with E-state index in [-0.39, 0.29) is 5.56 Å². The lowest BCUT2D eigenvalue weighted by atomic mass is 10.1. The van der Waals surface area contributed by atoms with Crippen LogP contribution in [-0.4, -0.2) is 52.3 Å². The van der Waals surface area contributed by atoms with E-state index in [1.54, 1.807) is 6.07 Å². The number of aryl methyl sites for hydroxylation is 1. The summed E-state index contributed by atoms with van der Waals surface area (Å²) in [7, 11) is 0. The fourth-order valence-electron chi connectivity index (χ4n) is 3.03. The molecule has 0 atom stereocenters.